The van der Waals surface area contributed by atoms with Crippen molar-refractivity contribution in [1.82, 2.24) is 4.90 Å². The van der Waals surface area contributed by atoms with Crippen LogP contribution in [-0.4, -0.2) is 29.3 Å². The molecule has 0 spiro atoms. The quantitative estimate of drug-likeness (QED) is 0.723. The average Bonchev–Trinajstić information content (AvgIpc) is 2.43. The Balaban J connectivity index is 3.06. The number of carbonyl (C=O) groups is 1. The van der Waals surface area contributed by atoms with E-state index < -0.39 is 17.2 Å². The summed E-state index contributed by atoms with van der Waals surface area (Å²) in [4.78, 5) is 14.9. The maximum atomic E-state index is 13.3. The lowest BCUT2D eigenvalue weighted by molar-refractivity contribution is -0.131. The number of hydrogen-bond acceptors (Lipinski definition) is 2. The van der Waals surface area contributed by atoms with Gasteiger partial charge in [0.2, 0.25) is 0 Å². The minimum Gasteiger partial charge on any atom is -0.297 e. The number of nitrogens with zero attached hydrogens (tertiary/aromatic N) is 1. The number of likely N-dealkylation sites (N-methyl/N-ethyl adjacent to an activating group) is 1. The van der Waals surface area contributed by atoms with Gasteiger partial charge in [-0.1, -0.05) is 27.7 Å². The van der Waals surface area contributed by atoms with Crippen molar-refractivity contribution >= 4 is 5.78 Å². The summed E-state index contributed by atoms with van der Waals surface area (Å²) in [6, 6.07) is 3.30. The van der Waals surface area contributed by atoms with Crippen LogP contribution in [0.2, 0.25) is 0 Å². The molecular formula is C17H25F2NO. The molecule has 0 fully saturated rings. The van der Waals surface area contributed by atoms with Gasteiger partial charge >= 0.3 is 0 Å². The van der Waals surface area contributed by atoms with Crippen LogP contribution in [0.4, 0.5) is 8.78 Å². The van der Waals surface area contributed by atoms with Crippen molar-refractivity contribution in [2.45, 2.75) is 52.5 Å². The fourth-order valence-corrected chi connectivity index (χ4v) is 3.16. The van der Waals surface area contributed by atoms with Gasteiger partial charge in [-0.05, 0) is 43.6 Å². The largest absolute Gasteiger partial charge is 0.297 e. The van der Waals surface area contributed by atoms with Gasteiger partial charge in [-0.25, -0.2) is 8.78 Å². The van der Waals surface area contributed by atoms with Crippen LogP contribution < -0.4 is 0 Å². The third-order valence-electron chi connectivity index (χ3n) is 4.34. The Morgan fingerprint density at radius 1 is 1.00 bits per heavy atom. The Hall–Kier alpha value is -1.29. The second-order valence-electron chi connectivity index (χ2n) is 5.29. The predicted octanol–water partition coefficient (Wildman–Crippen LogP) is 3.98. The van der Waals surface area contributed by atoms with Gasteiger partial charge in [0, 0.05) is 12.5 Å². The third-order valence-corrected chi connectivity index (χ3v) is 4.34. The smallest absolute Gasteiger partial charge is 0.157 e. The molecule has 0 heterocycles. The van der Waals surface area contributed by atoms with Crippen molar-refractivity contribution in [2.24, 2.45) is 0 Å². The highest BCUT2D eigenvalue weighted by Crippen LogP contribution is 2.27. The van der Waals surface area contributed by atoms with Gasteiger partial charge in [0.1, 0.15) is 11.6 Å². The summed E-state index contributed by atoms with van der Waals surface area (Å²) < 4.78 is 26.5. The Morgan fingerprint density at radius 3 is 1.86 bits per heavy atom. The van der Waals surface area contributed by atoms with E-state index in [9.17, 15) is 13.6 Å². The summed E-state index contributed by atoms with van der Waals surface area (Å²) in [5.74, 6) is -1.25. The summed E-state index contributed by atoms with van der Waals surface area (Å²) in [6.45, 7) is 9.60. The van der Waals surface area contributed by atoms with Crippen LogP contribution >= 0.6 is 0 Å². The molecule has 0 radical (unpaired) electrons. The fraction of sp³-hybridized carbons (Fsp3) is 0.588. The highest BCUT2D eigenvalue weighted by molar-refractivity contribution is 5.90. The molecule has 2 nitrogen and oxygen atoms in total. The number of rotatable bonds is 8. The van der Waals surface area contributed by atoms with E-state index in [-0.39, 0.29) is 12.2 Å². The van der Waals surface area contributed by atoms with Crippen LogP contribution in [0.15, 0.2) is 18.2 Å². The summed E-state index contributed by atoms with van der Waals surface area (Å²) in [5, 5.41) is 0. The molecule has 0 aliphatic heterocycles. The maximum Gasteiger partial charge on any atom is 0.157 e. The molecule has 1 rings (SSSR count). The van der Waals surface area contributed by atoms with E-state index >= 15 is 0 Å². The summed E-state index contributed by atoms with van der Waals surface area (Å²) in [6.07, 6.45) is 1.45. The van der Waals surface area contributed by atoms with Gasteiger partial charge in [-0.3, -0.25) is 9.69 Å². The first-order valence-electron chi connectivity index (χ1n) is 7.66. The Morgan fingerprint density at radius 2 is 1.48 bits per heavy atom. The summed E-state index contributed by atoms with van der Waals surface area (Å²) >= 11 is 0. The van der Waals surface area contributed by atoms with Crippen LogP contribution in [0.1, 0.15) is 46.1 Å². The molecule has 0 aliphatic rings. The van der Waals surface area contributed by atoms with Crippen LogP contribution in [0.25, 0.3) is 0 Å². The van der Waals surface area contributed by atoms with Gasteiger partial charge in [0.05, 0.1) is 5.54 Å². The van der Waals surface area contributed by atoms with E-state index in [0.717, 1.165) is 19.2 Å². The Kier molecular flexibility index (Phi) is 6.46. The van der Waals surface area contributed by atoms with E-state index in [1.54, 1.807) is 0 Å². The molecule has 0 saturated heterocycles. The minimum atomic E-state index is -0.640. The van der Waals surface area contributed by atoms with Crippen molar-refractivity contribution in [3.8, 4) is 0 Å². The van der Waals surface area contributed by atoms with Crippen LogP contribution in [0.5, 0.6) is 0 Å². The number of benzene rings is 1. The third kappa shape index (κ3) is 3.88. The molecule has 0 aliphatic carbocycles. The van der Waals surface area contributed by atoms with Crippen molar-refractivity contribution in [1.29, 1.82) is 0 Å². The first kappa shape index (κ1) is 17.8. The first-order valence-corrected chi connectivity index (χ1v) is 7.66. The van der Waals surface area contributed by atoms with Gasteiger partial charge in [0.25, 0.3) is 0 Å². The molecule has 0 bridgehead atoms. The van der Waals surface area contributed by atoms with E-state index in [1.807, 2.05) is 27.7 Å². The van der Waals surface area contributed by atoms with Crippen molar-refractivity contribution in [3.63, 3.8) is 0 Å². The van der Waals surface area contributed by atoms with Crippen molar-refractivity contribution in [2.75, 3.05) is 13.1 Å². The van der Waals surface area contributed by atoms with Crippen LogP contribution in [0, 0.1) is 11.6 Å². The summed E-state index contributed by atoms with van der Waals surface area (Å²) in [5.41, 5.74) is -0.150. The number of hydrogen-bond donors (Lipinski definition) is 0. The molecule has 0 unspecified atom stereocenters. The number of carbonyl (C=O) groups excluding carboxylic acids is 1. The monoisotopic (exact) mass is 297 g/mol. The van der Waals surface area contributed by atoms with E-state index in [2.05, 4.69) is 4.90 Å². The lowest BCUT2D eigenvalue weighted by Crippen LogP contribution is -2.54. The molecular weight excluding hydrogens is 272 g/mol. The zero-order valence-electron chi connectivity index (χ0n) is 13.4. The SMILES string of the molecule is CCN(CC)C(CC)(CC)C(=O)Cc1cc(F)cc(F)c1. The highest BCUT2D eigenvalue weighted by atomic mass is 19.1. The second kappa shape index (κ2) is 7.64. The minimum absolute atomic E-state index is 0.0289. The fourth-order valence-electron chi connectivity index (χ4n) is 3.16. The van der Waals surface area contributed by atoms with Crippen LogP contribution in [0.3, 0.4) is 0 Å². The molecule has 1 aromatic carbocycles. The zero-order valence-corrected chi connectivity index (χ0v) is 13.4. The Bertz CT molecular complexity index is 459. The van der Waals surface area contributed by atoms with Gasteiger partial charge < -0.3 is 0 Å². The molecule has 118 valence electrons. The van der Waals surface area contributed by atoms with Gasteiger partial charge in [0.15, 0.2) is 5.78 Å². The molecule has 0 saturated carbocycles. The van der Waals surface area contributed by atoms with E-state index in [4.69, 9.17) is 0 Å². The normalized spacial score (nSPS) is 12.0. The number of halogens is 2. The van der Waals surface area contributed by atoms with Crippen molar-refractivity contribution < 1.29 is 13.6 Å². The topological polar surface area (TPSA) is 20.3 Å². The van der Waals surface area contributed by atoms with Crippen LogP contribution in [-0.2, 0) is 11.2 Å². The molecule has 1 aromatic rings. The number of ketones is 1. The van der Waals surface area contributed by atoms with E-state index in [1.165, 1.54) is 12.1 Å². The van der Waals surface area contributed by atoms with E-state index in [0.29, 0.717) is 18.4 Å². The molecule has 0 atom stereocenters. The van der Waals surface area contributed by atoms with Gasteiger partial charge in [-0.15, -0.1) is 0 Å². The Labute approximate surface area is 126 Å². The lowest BCUT2D eigenvalue weighted by Gasteiger charge is -2.41. The lowest BCUT2D eigenvalue weighted by atomic mass is 9.83. The summed E-state index contributed by atoms with van der Waals surface area (Å²) in [7, 11) is 0. The standard InChI is InChI=1S/C17H25F2NO/c1-5-17(6-2,20(7-3)8-4)16(21)11-13-9-14(18)12-15(19)10-13/h9-10,12H,5-8,11H2,1-4H3. The van der Waals surface area contributed by atoms with Crippen molar-refractivity contribution in [3.05, 3.63) is 35.4 Å². The predicted molar refractivity (Wildman–Crippen MR) is 81.3 cm³/mol. The number of Topliss-reactive ketones (excluding diaryl/α,β-unsaturated/α-hetero) is 1. The second-order valence-corrected chi connectivity index (χ2v) is 5.29. The maximum absolute atomic E-state index is 13.3. The van der Waals surface area contributed by atoms with Gasteiger partial charge in [-0.2, -0.15) is 0 Å². The molecule has 0 amide bonds. The first-order chi connectivity index (χ1) is 9.93. The zero-order chi connectivity index (χ0) is 16.0. The molecule has 21 heavy (non-hydrogen) atoms. The molecule has 0 aromatic heterocycles. The molecule has 4 heteroatoms. The average molecular weight is 297 g/mol. The highest BCUT2D eigenvalue weighted by Gasteiger charge is 2.38. The molecule has 0 N–H and O–H groups in total.